The fourth-order valence-electron chi connectivity index (χ4n) is 1.81. The second kappa shape index (κ2) is 5.78. The van der Waals surface area contributed by atoms with Gasteiger partial charge in [-0.05, 0) is 52.0 Å². The zero-order valence-corrected chi connectivity index (χ0v) is 11.8. The van der Waals surface area contributed by atoms with Crippen LogP contribution in [0.15, 0.2) is 34.9 Å². The summed E-state index contributed by atoms with van der Waals surface area (Å²) in [6, 6.07) is 7.74. The van der Waals surface area contributed by atoms with Gasteiger partial charge < -0.3 is 14.5 Å². The number of pyridine rings is 1. The molecule has 0 amide bonds. The molecule has 1 unspecified atom stereocenters. The first kappa shape index (κ1) is 13.5. The molecular formula is C15H20N2O2. The molecule has 0 saturated heterocycles. The van der Waals surface area contributed by atoms with Gasteiger partial charge in [-0.15, -0.1) is 0 Å². The predicted octanol–water partition coefficient (Wildman–Crippen LogP) is 3.94. The molecule has 0 radical (unpaired) electrons. The van der Waals surface area contributed by atoms with E-state index >= 15 is 0 Å². The summed E-state index contributed by atoms with van der Waals surface area (Å²) in [5.74, 6) is 3.28. The van der Waals surface area contributed by atoms with Crippen LogP contribution in [-0.2, 0) is 0 Å². The van der Waals surface area contributed by atoms with Crippen LogP contribution in [0.5, 0.6) is 5.75 Å². The molecule has 0 aromatic carbocycles. The van der Waals surface area contributed by atoms with E-state index in [1.54, 1.807) is 6.20 Å². The van der Waals surface area contributed by atoms with Gasteiger partial charge in [-0.3, -0.25) is 0 Å². The largest absolute Gasteiger partial charge is 0.487 e. The van der Waals surface area contributed by atoms with Gasteiger partial charge in [-0.1, -0.05) is 0 Å². The van der Waals surface area contributed by atoms with Gasteiger partial charge in [0.25, 0.3) is 0 Å². The summed E-state index contributed by atoms with van der Waals surface area (Å²) in [4.78, 5) is 4.33. The van der Waals surface area contributed by atoms with Gasteiger partial charge in [0.2, 0.25) is 0 Å². The Bertz CT molecular complexity index is 534. The highest BCUT2D eigenvalue weighted by Gasteiger charge is 2.13. The third kappa shape index (κ3) is 3.50. The van der Waals surface area contributed by atoms with Crippen molar-refractivity contribution in [2.24, 2.45) is 0 Å². The zero-order chi connectivity index (χ0) is 13.8. The van der Waals surface area contributed by atoms with Crippen LogP contribution in [-0.4, -0.2) is 11.1 Å². The van der Waals surface area contributed by atoms with Crippen LogP contribution < -0.4 is 10.1 Å². The Labute approximate surface area is 113 Å². The maximum Gasteiger partial charge on any atom is 0.169 e. The van der Waals surface area contributed by atoms with E-state index in [-0.39, 0.29) is 12.1 Å². The van der Waals surface area contributed by atoms with Crippen molar-refractivity contribution in [3.05, 3.63) is 42.0 Å². The summed E-state index contributed by atoms with van der Waals surface area (Å²) in [7, 11) is 0. The van der Waals surface area contributed by atoms with Gasteiger partial charge in [0.1, 0.15) is 11.5 Å². The van der Waals surface area contributed by atoms with Crippen LogP contribution in [0.2, 0.25) is 0 Å². The van der Waals surface area contributed by atoms with Gasteiger partial charge in [0.15, 0.2) is 11.6 Å². The van der Waals surface area contributed by atoms with Crippen LogP contribution in [0.25, 0.3) is 0 Å². The quantitative estimate of drug-likeness (QED) is 0.884. The number of anilines is 1. The second-order valence-electron chi connectivity index (χ2n) is 4.83. The number of aromatic nitrogens is 1. The molecule has 0 aliphatic rings. The molecule has 2 aromatic rings. The van der Waals surface area contributed by atoms with E-state index in [0.29, 0.717) is 0 Å². The Kier molecular flexibility index (Phi) is 4.10. The molecule has 1 atom stereocenters. The summed E-state index contributed by atoms with van der Waals surface area (Å²) in [6.07, 6.45) is 1.86. The molecule has 4 nitrogen and oxygen atoms in total. The predicted molar refractivity (Wildman–Crippen MR) is 75.5 cm³/mol. The third-order valence-corrected chi connectivity index (χ3v) is 2.67. The molecule has 2 aromatic heterocycles. The zero-order valence-electron chi connectivity index (χ0n) is 11.8. The molecule has 0 aliphatic carbocycles. The minimum Gasteiger partial charge on any atom is -0.487 e. The van der Waals surface area contributed by atoms with Gasteiger partial charge in [0, 0.05) is 6.20 Å². The lowest BCUT2D eigenvalue weighted by Crippen LogP contribution is -2.12. The number of furan rings is 1. The van der Waals surface area contributed by atoms with E-state index in [0.717, 1.165) is 23.1 Å². The Hall–Kier alpha value is -1.97. The van der Waals surface area contributed by atoms with Crippen molar-refractivity contribution in [1.82, 2.24) is 4.98 Å². The maximum absolute atomic E-state index is 5.73. The molecule has 2 rings (SSSR count). The Morgan fingerprint density at radius 1 is 1.21 bits per heavy atom. The number of hydrogen-bond donors (Lipinski definition) is 1. The molecule has 0 fully saturated rings. The Balaban J connectivity index is 2.14. The van der Waals surface area contributed by atoms with Gasteiger partial charge in [0.05, 0.1) is 12.1 Å². The van der Waals surface area contributed by atoms with E-state index in [4.69, 9.17) is 9.15 Å². The molecule has 4 heteroatoms. The lowest BCUT2D eigenvalue weighted by molar-refractivity contribution is 0.242. The highest BCUT2D eigenvalue weighted by Crippen LogP contribution is 2.27. The third-order valence-electron chi connectivity index (χ3n) is 2.67. The van der Waals surface area contributed by atoms with Crippen molar-refractivity contribution < 1.29 is 9.15 Å². The highest BCUT2D eigenvalue weighted by atomic mass is 16.5. The van der Waals surface area contributed by atoms with Gasteiger partial charge >= 0.3 is 0 Å². The van der Waals surface area contributed by atoms with E-state index in [1.165, 1.54) is 0 Å². The minimum atomic E-state index is 0.0399. The van der Waals surface area contributed by atoms with Crippen molar-refractivity contribution in [1.29, 1.82) is 0 Å². The average Bonchev–Trinajstić information content (AvgIpc) is 2.78. The van der Waals surface area contributed by atoms with Gasteiger partial charge in [-0.25, -0.2) is 4.98 Å². The van der Waals surface area contributed by atoms with Crippen LogP contribution >= 0.6 is 0 Å². The summed E-state index contributed by atoms with van der Waals surface area (Å²) in [5.41, 5.74) is 0. The van der Waals surface area contributed by atoms with E-state index in [9.17, 15) is 0 Å². The van der Waals surface area contributed by atoms with E-state index < -0.39 is 0 Å². The summed E-state index contributed by atoms with van der Waals surface area (Å²) in [5, 5.41) is 3.32. The van der Waals surface area contributed by atoms with Crippen molar-refractivity contribution >= 4 is 5.82 Å². The van der Waals surface area contributed by atoms with E-state index in [1.807, 2.05) is 52.0 Å². The van der Waals surface area contributed by atoms with Crippen LogP contribution in [0.1, 0.15) is 38.3 Å². The Morgan fingerprint density at radius 2 is 2.00 bits per heavy atom. The fraction of sp³-hybridized carbons (Fsp3) is 0.400. The van der Waals surface area contributed by atoms with Crippen LogP contribution in [0.4, 0.5) is 5.82 Å². The summed E-state index contributed by atoms with van der Waals surface area (Å²) < 4.78 is 11.3. The van der Waals surface area contributed by atoms with Crippen molar-refractivity contribution in [3.63, 3.8) is 0 Å². The van der Waals surface area contributed by atoms with Crippen LogP contribution in [0.3, 0.4) is 0 Å². The fourth-order valence-corrected chi connectivity index (χ4v) is 1.81. The summed E-state index contributed by atoms with van der Waals surface area (Å²) in [6.45, 7) is 7.96. The van der Waals surface area contributed by atoms with Crippen LogP contribution in [0, 0.1) is 6.92 Å². The smallest absolute Gasteiger partial charge is 0.169 e. The monoisotopic (exact) mass is 260 g/mol. The number of nitrogens with zero attached hydrogens (tertiary/aromatic N) is 1. The normalized spacial score (nSPS) is 12.5. The SMILES string of the molecule is Cc1ccc(C(C)Nc2ncccc2OC(C)C)o1. The minimum absolute atomic E-state index is 0.0399. The number of hydrogen-bond acceptors (Lipinski definition) is 4. The summed E-state index contributed by atoms with van der Waals surface area (Å²) >= 11 is 0. The second-order valence-corrected chi connectivity index (χ2v) is 4.83. The van der Waals surface area contributed by atoms with E-state index in [2.05, 4.69) is 10.3 Å². The number of ether oxygens (including phenoxy) is 1. The first-order valence-electron chi connectivity index (χ1n) is 6.51. The number of aryl methyl sites for hydroxylation is 1. The maximum atomic E-state index is 5.73. The van der Waals surface area contributed by atoms with Crippen molar-refractivity contribution in [3.8, 4) is 5.75 Å². The standard InChI is InChI=1S/C15H20N2O2/c1-10(2)18-14-6-5-9-16-15(14)17-12(4)13-8-7-11(3)19-13/h5-10,12H,1-4H3,(H,16,17). The molecule has 0 spiro atoms. The molecule has 0 saturated carbocycles. The number of rotatable bonds is 5. The molecule has 19 heavy (non-hydrogen) atoms. The highest BCUT2D eigenvalue weighted by molar-refractivity contribution is 5.50. The lowest BCUT2D eigenvalue weighted by atomic mass is 10.2. The first-order valence-corrected chi connectivity index (χ1v) is 6.51. The molecule has 1 N–H and O–H groups in total. The Morgan fingerprint density at radius 3 is 2.63 bits per heavy atom. The van der Waals surface area contributed by atoms with Crippen molar-refractivity contribution in [2.45, 2.75) is 39.8 Å². The molecule has 0 bridgehead atoms. The lowest BCUT2D eigenvalue weighted by Gasteiger charge is -2.17. The number of nitrogens with one attached hydrogen (secondary N) is 1. The topological polar surface area (TPSA) is 47.3 Å². The average molecular weight is 260 g/mol. The molecular weight excluding hydrogens is 240 g/mol. The van der Waals surface area contributed by atoms with Gasteiger partial charge in [-0.2, -0.15) is 0 Å². The van der Waals surface area contributed by atoms with Crippen molar-refractivity contribution in [2.75, 3.05) is 5.32 Å². The molecule has 0 aliphatic heterocycles. The molecule has 102 valence electrons. The first-order chi connectivity index (χ1) is 9.06. The molecule has 2 heterocycles.